The van der Waals surface area contributed by atoms with Crippen molar-refractivity contribution in [2.45, 2.75) is 57.9 Å². The van der Waals surface area contributed by atoms with Gasteiger partial charge in [0.15, 0.2) is 0 Å². The smallest absolute Gasteiger partial charge is 0.308 e. The van der Waals surface area contributed by atoms with Crippen LogP contribution in [-0.2, 0) is 14.3 Å². The van der Waals surface area contributed by atoms with Crippen molar-refractivity contribution < 1.29 is 19.4 Å². The Labute approximate surface area is 126 Å². The molecule has 2 rings (SSSR count). The zero-order valence-corrected chi connectivity index (χ0v) is 12.9. The van der Waals surface area contributed by atoms with Gasteiger partial charge in [0.05, 0.1) is 5.92 Å². The maximum Gasteiger partial charge on any atom is 0.308 e. The first kappa shape index (κ1) is 16.3. The summed E-state index contributed by atoms with van der Waals surface area (Å²) < 4.78 is 5.34. The van der Waals surface area contributed by atoms with Gasteiger partial charge >= 0.3 is 5.97 Å². The van der Waals surface area contributed by atoms with Crippen LogP contribution in [0.2, 0.25) is 0 Å². The van der Waals surface area contributed by atoms with E-state index in [2.05, 4.69) is 0 Å². The van der Waals surface area contributed by atoms with Crippen LogP contribution in [0.1, 0.15) is 51.9 Å². The van der Waals surface area contributed by atoms with Gasteiger partial charge in [0.2, 0.25) is 5.91 Å². The fourth-order valence-corrected chi connectivity index (χ4v) is 3.38. The van der Waals surface area contributed by atoms with Crippen molar-refractivity contribution in [1.29, 1.82) is 0 Å². The molecule has 0 aromatic carbocycles. The highest BCUT2D eigenvalue weighted by Crippen LogP contribution is 2.25. The topological polar surface area (TPSA) is 66.8 Å². The number of likely N-dealkylation sites (tertiary alicyclic amines) is 1. The molecule has 0 saturated carbocycles. The Morgan fingerprint density at radius 2 is 1.90 bits per heavy atom. The molecule has 1 N–H and O–H groups in total. The third kappa shape index (κ3) is 4.70. The third-order valence-electron chi connectivity index (χ3n) is 4.90. The van der Waals surface area contributed by atoms with Gasteiger partial charge in [-0.05, 0) is 51.4 Å². The Hall–Kier alpha value is -1.10. The first-order valence-corrected chi connectivity index (χ1v) is 8.18. The van der Waals surface area contributed by atoms with E-state index in [0.29, 0.717) is 25.3 Å². The average Bonchev–Trinajstić information content (AvgIpc) is 2.48. The highest BCUT2D eigenvalue weighted by molar-refractivity contribution is 5.78. The number of carbonyl (C=O) groups excluding carboxylic acids is 1. The van der Waals surface area contributed by atoms with Crippen LogP contribution >= 0.6 is 0 Å². The summed E-state index contributed by atoms with van der Waals surface area (Å²) in [5, 5.41) is 9.12. The molecule has 5 heteroatoms. The maximum atomic E-state index is 12.3. The minimum absolute atomic E-state index is 0.125. The number of rotatable bonds is 5. The second-order valence-corrected chi connectivity index (χ2v) is 6.46. The molecule has 2 aliphatic rings. The van der Waals surface area contributed by atoms with Crippen molar-refractivity contribution in [2.75, 3.05) is 19.8 Å². The largest absolute Gasteiger partial charge is 0.481 e. The molecule has 0 aliphatic carbocycles. The number of carboxylic acid groups (broad SMARTS) is 1. The molecular weight excluding hydrogens is 270 g/mol. The summed E-state index contributed by atoms with van der Waals surface area (Å²) in [6, 6.07) is 0.177. The zero-order chi connectivity index (χ0) is 15.2. The number of aliphatic carboxylic acids is 1. The number of carbonyl (C=O) groups is 2. The molecule has 2 atom stereocenters. The highest BCUT2D eigenvalue weighted by Gasteiger charge is 2.32. The van der Waals surface area contributed by atoms with E-state index in [1.807, 2.05) is 6.92 Å². The van der Waals surface area contributed by atoms with Crippen molar-refractivity contribution in [3.63, 3.8) is 0 Å². The molecule has 21 heavy (non-hydrogen) atoms. The summed E-state index contributed by atoms with van der Waals surface area (Å²) >= 11 is 0. The van der Waals surface area contributed by atoms with E-state index in [9.17, 15) is 9.59 Å². The van der Waals surface area contributed by atoms with Crippen LogP contribution in [0.4, 0.5) is 0 Å². The number of piperidine rings is 1. The normalized spacial score (nSPS) is 27.6. The van der Waals surface area contributed by atoms with Gasteiger partial charge in [-0.15, -0.1) is 0 Å². The highest BCUT2D eigenvalue weighted by atomic mass is 16.5. The molecular formula is C16H27NO4. The van der Waals surface area contributed by atoms with E-state index < -0.39 is 5.97 Å². The van der Waals surface area contributed by atoms with Crippen LogP contribution in [0.3, 0.4) is 0 Å². The molecule has 120 valence electrons. The lowest BCUT2D eigenvalue weighted by molar-refractivity contribution is -0.147. The van der Waals surface area contributed by atoms with E-state index in [0.717, 1.165) is 45.3 Å². The predicted molar refractivity (Wildman–Crippen MR) is 78.9 cm³/mol. The lowest BCUT2D eigenvalue weighted by atomic mass is 9.92. The molecule has 2 saturated heterocycles. The lowest BCUT2D eigenvalue weighted by Gasteiger charge is -2.36. The van der Waals surface area contributed by atoms with E-state index >= 15 is 0 Å². The number of ether oxygens (including phenoxy) is 1. The van der Waals surface area contributed by atoms with Crippen LogP contribution < -0.4 is 0 Å². The molecule has 0 radical (unpaired) electrons. The summed E-state index contributed by atoms with van der Waals surface area (Å²) in [5.41, 5.74) is 0. The Bertz CT molecular complexity index is 365. The lowest BCUT2D eigenvalue weighted by Crippen LogP contribution is -2.47. The second-order valence-electron chi connectivity index (χ2n) is 6.46. The second kappa shape index (κ2) is 7.78. The van der Waals surface area contributed by atoms with Crippen LogP contribution in [0, 0.1) is 11.8 Å². The molecule has 0 aromatic heterocycles. The van der Waals surface area contributed by atoms with Gasteiger partial charge in [0, 0.05) is 32.2 Å². The molecule has 2 unspecified atom stereocenters. The fourth-order valence-electron chi connectivity index (χ4n) is 3.38. The minimum Gasteiger partial charge on any atom is -0.481 e. The van der Waals surface area contributed by atoms with E-state index in [4.69, 9.17) is 9.84 Å². The summed E-state index contributed by atoms with van der Waals surface area (Å²) in [6.45, 7) is 4.10. The SMILES string of the molecule is CC1CCC(C(=O)O)CN1C(=O)CCCC1CCOCC1. The Morgan fingerprint density at radius 3 is 2.57 bits per heavy atom. The van der Waals surface area contributed by atoms with Crippen LogP contribution in [0.15, 0.2) is 0 Å². The number of hydrogen-bond acceptors (Lipinski definition) is 3. The number of carboxylic acids is 1. The van der Waals surface area contributed by atoms with Crippen LogP contribution in [0.25, 0.3) is 0 Å². The number of nitrogens with zero attached hydrogens (tertiary/aromatic N) is 1. The van der Waals surface area contributed by atoms with Gasteiger partial charge in [-0.25, -0.2) is 0 Å². The molecule has 0 bridgehead atoms. The van der Waals surface area contributed by atoms with Crippen LogP contribution in [-0.4, -0.2) is 47.7 Å². The zero-order valence-electron chi connectivity index (χ0n) is 12.9. The van der Waals surface area contributed by atoms with Crippen molar-refractivity contribution in [3.05, 3.63) is 0 Å². The van der Waals surface area contributed by atoms with Crippen molar-refractivity contribution >= 4 is 11.9 Å². The third-order valence-corrected chi connectivity index (χ3v) is 4.90. The standard InChI is InChI=1S/C16H27NO4/c1-12-5-6-14(16(19)20)11-17(12)15(18)4-2-3-13-7-9-21-10-8-13/h12-14H,2-11H2,1H3,(H,19,20). The van der Waals surface area contributed by atoms with Gasteiger partial charge in [0.25, 0.3) is 0 Å². The summed E-state index contributed by atoms with van der Waals surface area (Å²) in [5.74, 6) is -0.347. The summed E-state index contributed by atoms with van der Waals surface area (Å²) in [6.07, 6.45) is 6.23. The van der Waals surface area contributed by atoms with Gasteiger partial charge < -0.3 is 14.7 Å². The Kier molecular flexibility index (Phi) is 6.03. The fraction of sp³-hybridized carbons (Fsp3) is 0.875. The number of hydrogen-bond donors (Lipinski definition) is 1. The molecule has 0 spiro atoms. The minimum atomic E-state index is -0.776. The van der Waals surface area contributed by atoms with Gasteiger partial charge in [-0.3, -0.25) is 9.59 Å². The van der Waals surface area contributed by atoms with Gasteiger partial charge in [-0.2, -0.15) is 0 Å². The molecule has 2 aliphatic heterocycles. The average molecular weight is 297 g/mol. The molecule has 1 amide bonds. The van der Waals surface area contributed by atoms with E-state index in [-0.39, 0.29) is 17.9 Å². The van der Waals surface area contributed by atoms with Crippen molar-refractivity contribution in [1.82, 2.24) is 4.90 Å². The summed E-state index contributed by atoms with van der Waals surface area (Å²) in [4.78, 5) is 25.2. The molecule has 2 fully saturated rings. The number of amides is 1. The monoisotopic (exact) mass is 297 g/mol. The van der Waals surface area contributed by atoms with Crippen molar-refractivity contribution in [3.8, 4) is 0 Å². The Morgan fingerprint density at radius 1 is 1.19 bits per heavy atom. The van der Waals surface area contributed by atoms with Gasteiger partial charge in [-0.1, -0.05) is 0 Å². The van der Waals surface area contributed by atoms with Crippen molar-refractivity contribution in [2.24, 2.45) is 11.8 Å². The first-order valence-electron chi connectivity index (χ1n) is 8.18. The summed E-state index contributed by atoms with van der Waals surface area (Å²) in [7, 11) is 0. The Balaban J connectivity index is 1.74. The van der Waals surface area contributed by atoms with E-state index in [1.54, 1.807) is 4.90 Å². The quantitative estimate of drug-likeness (QED) is 0.845. The van der Waals surface area contributed by atoms with Crippen LogP contribution in [0.5, 0.6) is 0 Å². The maximum absolute atomic E-state index is 12.3. The molecule has 0 aromatic rings. The predicted octanol–water partition coefficient (Wildman–Crippen LogP) is 2.29. The van der Waals surface area contributed by atoms with E-state index in [1.165, 1.54) is 0 Å². The molecule has 2 heterocycles. The first-order chi connectivity index (χ1) is 10.1. The van der Waals surface area contributed by atoms with Gasteiger partial charge in [0.1, 0.15) is 0 Å². The molecule has 5 nitrogen and oxygen atoms in total.